The highest BCUT2D eigenvalue weighted by molar-refractivity contribution is 8.00. The summed E-state index contributed by atoms with van der Waals surface area (Å²) in [7, 11) is 0. The van der Waals surface area contributed by atoms with Crippen LogP contribution in [0.25, 0.3) is 0 Å². The fourth-order valence-corrected chi connectivity index (χ4v) is 3.00. The van der Waals surface area contributed by atoms with Crippen LogP contribution in [0.3, 0.4) is 0 Å². The number of benzene rings is 1. The highest BCUT2D eigenvalue weighted by Crippen LogP contribution is 2.29. The first-order chi connectivity index (χ1) is 9.56. The van der Waals surface area contributed by atoms with E-state index in [2.05, 4.69) is 24.1 Å². The molecule has 0 spiro atoms. The molecule has 0 saturated heterocycles. The van der Waals surface area contributed by atoms with Crippen molar-refractivity contribution in [2.24, 2.45) is 0 Å². The lowest BCUT2D eigenvalue weighted by atomic mass is 10.4. The van der Waals surface area contributed by atoms with Crippen LogP contribution in [0.2, 0.25) is 10.0 Å². The highest BCUT2D eigenvalue weighted by Gasteiger charge is 2.07. The molecule has 0 aliphatic carbocycles. The molecule has 0 atom stereocenters. The van der Waals surface area contributed by atoms with Crippen LogP contribution < -0.4 is 5.32 Å². The first-order valence-electron chi connectivity index (χ1n) is 6.63. The molecule has 1 aromatic rings. The van der Waals surface area contributed by atoms with E-state index >= 15 is 0 Å². The maximum atomic E-state index is 11.7. The number of hydrogen-bond acceptors (Lipinski definition) is 3. The molecule has 1 N–H and O–H groups in total. The second-order valence-electron chi connectivity index (χ2n) is 4.24. The van der Waals surface area contributed by atoms with Crippen molar-refractivity contribution in [1.82, 2.24) is 10.2 Å². The van der Waals surface area contributed by atoms with Crippen LogP contribution in [0, 0.1) is 0 Å². The van der Waals surface area contributed by atoms with Crippen molar-refractivity contribution in [1.29, 1.82) is 0 Å². The molecule has 0 aliphatic heterocycles. The second-order valence-corrected chi connectivity index (χ2v) is 6.10. The van der Waals surface area contributed by atoms with Crippen molar-refractivity contribution in [2.75, 3.05) is 31.9 Å². The van der Waals surface area contributed by atoms with Gasteiger partial charge in [0.2, 0.25) is 5.91 Å². The average Bonchev–Trinajstić information content (AvgIpc) is 2.44. The molecule has 0 aliphatic rings. The zero-order valence-electron chi connectivity index (χ0n) is 11.8. The molecule has 0 bridgehead atoms. The fourth-order valence-electron chi connectivity index (χ4n) is 1.68. The molecule has 1 rings (SSSR count). The third kappa shape index (κ3) is 6.35. The molecule has 0 heterocycles. The Bertz CT molecular complexity index is 439. The predicted molar refractivity (Wildman–Crippen MR) is 88.0 cm³/mol. The molecule has 6 heteroatoms. The van der Waals surface area contributed by atoms with Gasteiger partial charge in [0.15, 0.2) is 0 Å². The molecule has 0 fully saturated rings. The summed E-state index contributed by atoms with van der Waals surface area (Å²) < 4.78 is 0. The van der Waals surface area contributed by atoms with Crippen molar-refractivity contribution in [3.05, 3.63) is 28.2 Å². The lowest BCUT2D eigenvalue weighted by Crippen LogP contribution is -2.35. The number of amides is 1. The molecule has 0 unspecified atom stereocenters. The topological polar surface area (TPSA) is 32.3 Å². The van der Waals surface area contributed by atoms with E-state index < -0.39 is 0 Å². The standard InChI is InChI=1S/C14H20Cl2N2OS/c1-3-18(4-2)8-7-17-14(19)10-20-13-9-11(15)5-6-12(13)16/h5-6,9H,3-4,7-8,10H2,1-2H3,(H,17,19). The van der Waals surface area contributed by atoms with E-state index in [4.69, 9.17) is 23.2 Å². The van der Waals surface area contributed by atoms with Crippen molar-refractivity contribution >= 4 is 40.9 Å². The minimum Gasteiger partial charge on any atom is -0.354 e. The Balaban J connectivity index is 2.31. The summed E-state index contributed by atoms with van der Waals surface area (Å²) in [5, 5.41) is 4.15. The molecular formula is C14H20Cl2N2OS. The summed E-state index contributed by atoms with van der Waals surface area (Å²) in [5.74, 6) is 0.358. The zero-order valence-corrected chi connectivity index (χ0v) is 14.1. The van der Waals surface area contributed by atoms with Gasteiger partial charge in [0.25, 0.3) is 0 Å². The first kappa shape index (κ1) is 17.6. The Labute approximate surface area is 135 Å². The Morgan fingerprint density at radius 2 is 2.00 bits per heavy atom. The third-order valence-electron chi connectivity index (χ3n) is 2.90. The van der Waals surface area contributed by atoms with Crippen molar-refractivity contribution < 1.29 is 4.79 Å². The lowest BCUT2D eigenvalue weighted by Gasteiger charge is -2.17. The van der Waals surface area contributed by atoms with E-state index in [1.54, 1.807) is 18.2 Å². The van der Waals surface area contributed by atoms with Gasteiger partial charge in [-0.2, -0.15) is 0 Å². The van der Waals surface area contributed by atoms with Gasteiger partial charge in [-0.05, 0) is 31.3 Å². The minimum absolute atomic E-state index is 0.0122. The molecule has 20 heavy (non-hydrogen) atoms. The monoisotopic (exact) mass is 334 g/mol. The Morgan fingerprint density at radius 1 is 1.30 bits per heavy atom. The van der Waals surface area contributed by atoms with Crippen molar-refractivity contribution in [2.45, 2.75) is 18.7 Å². The van der Waals surface area contributed by atoms with E-state index in [1.165, 1.54) is 11.8 Å². The van der Waals surface area contributed by atoms with Gasteiger partial charge in [-0.3, -0.25) is 4.79 Å². The normalized spacial score (nSPS) is 10.8. The smallest absolute Gasteiger partial charge is 0.230 e. The van der Waals surface area contributed by atoms with Crippen LogP contribution >= 0.6 is 35.0 Å². The number of rotatable bonds is 8. The van der Waals surface area contributed by atoms with Gasteiger partial charge in [-0.1, -0.05) is 37.0 Å². The van der Waals surface area contributed by atoms with Crippen LogP contribution in [0.5, 0.6) is 0 Å². The maximum absolute atomic E-state index is 11.7. The van der Waals surface area contributed by atoms with Gasteiger partial charge < -0.3 is 10.2 Å². The maximum Gasteiger partial charge on any atom is 0.230 e. The predicted octanol–water partition coefficient (Wildman–Crippen LogP) is 3.54. The van der Waals surface area contributed by atoms with E-state index in [-0.39, 0.29) is 5.91 Å². The van der Waals surface area contributed by atoms with E-state index in [0.29, 0.717) is 22.3 Å². The Hall–Kier alpha value is -0.420. The van der Waals surface area contributed by atoms with E-state index in [1.807, 2.05) is 0 Å². The van der Waals surface area contributed by atoms with Crippen LogP contribution in [0.1, 0.15) is 13.8 Å². The van der Waals surface area contributed by atoms with E-state index in [0.717, 1.165) is 24.5 Å². The number of halogens is 2. The summed E-state index contributed by atoms with van der Waals surface area (Å²) >= 11 is 13.3. The van der Waals surface area contributed by atoms with Crippen LogP contribution in [0.4, 0.5) is 0 Å². The number of likely N-dealkylation sites (N-methyl/N-ethyl adjacent to an activating group) is 1. The third-order valence-corrected chi connectivity index (χ3v) is 4.63. The molecule has 3 nitrogen and oxygen atoms in total. The highest BCUT2D eigenvalue weighted by atomic mass is 35.5. The zero-order chi connectivity index (χ0) is 15.0. The average molecular weight is 335 g/mol. The number of nitrogens with one attached hydrogen (secondary N) is 1. The summed E-state index contributed by atoms with van der Waals surface area (Å²) in [6.07, 6.45) is 0. The molecule has 0 saturated carbocycles. The molecule has 0 radical (unpaired) electrons. The fraction of sp³-hybridized carbons (Fsp3) is 0.500. The molecule has 112 valence electrons. The van der Waals surface area contributed by atoms with Gasteiger partial charge in [0.05, 0.1) is 10.8 Å². The van der Waals surface area contributed by atoms with Crippen LogP contribution in [0.15, 0.2) is 23.1 Å². The SMILES string of the molecule is CCN(CC)CCNC(=O)CSc1cc(Cl)ccc1Cl. The number of carbonyl (C=O) groups is 1. The summed E-state index contributed by atoms with van der Waals surface area (Å²) in [5.41, 5.74) is 0. The quantitative estimate of drug-likeness (QED) is 0.738. The summed E-state index contributed by atoms with van der Waals surface area (Å²) in [6, 6.07) is 5.25. The summed E-state index contributed by atoms with van der Waals surface area (Å²) in [4.78, 5) is 14.8. The number of hydrogen-bond donors (Lipinski definition) is 1. The molecule has 1 amide bonds. The van der Waals surface area contributed by atoms with Gasteiger partial charge in [-0.15, -0.1) is 11.8 Å². The number of thioether (sulfide) groups is 1. The van der Waals surface area contributed by atoms with Gasteiger partial charge in [0.1, 0.15) is 0 Å². The Morgan fingerprint density at radius 3 is 2.65 bits per heavy atom. The van der Waals surface area contributed by atoms with Gasteiger partial charge in [0, 0.05) is 23.0 Å². The van der Waals surface area contributed by atoms with Crippen LogP contribution in [-0.4, -0.2) is 42.7 Å². The number of carbonyl (C=O) groups excluding carboxylic acids is 1. The molecular weight excluding hydrogens is 315 g/mol. The van der Waals surface area contributed by atoms with Gasteiger partial charge in [-0.25, -0.2) is 0 Å². The first-order valence-corrected chi connectivity index (χ1v) is 8.37. The minimum atomic E-state index is 0.0122. The number of nitrogens with zero attached hydrogens (tertiary/aromatic N) is 1. The lowest BCUT2D eigenvalue weighted by molar-refractivity contribution is -0.118. The molecule has 1 aromatic carbocycles. The largest absolute Gasteiger partial charge is 0.354 e. The van der Waals surface area contributed by atoms with Gasteiger partial charge >= 0.3 is 0 Å². The molecule has 0 aromatic heterocycles. The second kappa shape index (κ2) is 9.50. The van der Waals surface area contributed by atoms with E-state index in [9.17, 15) is 4.79 Å². The van der Waals surface area contributed by atoms with Crippen LogP contribution in [-0.2, 0) is 4.79 Å². The van der Waals surface area contributed by atoms with Crippen molar-refractivity contribution in [3.63, 3.8) is 0 Å². The van der Waals surface area contributed by atoms with Crippen molar-refractivity contribution in [3.8, 4) is 0 Å². The Kier molecular flexibility index (Phi) is 8.38. The summed E-state index contributed by atoms with van der Waals surface area (Å²) in [6.45, 7) is 7.77.